The minimum Gasteiger partial charge on any atom is -0.452 e. The van der Waals surface area contributed by atoms with Crippen LogP contribution in [0.1, 0.15) is 58.6 Å². The molecule has 4 aliphatic rings. The van der Waals surface area contributed by atoms with Crippen LogP contribution in [0, 0.1) is 5.92 Å². The van der Waals surface area contributed by atoms with E-state index >= 15 is 0 Å². The van der Waals surface area contributed by atoms with Gasteiger partial charge in [-0.05, 0) is 69.4 Å². The van der Waals surface area contributed by atoms with Crippen LogP contribution in [0.4, 0.5) is 0 Å². The van der Waals surface area contributed by atoms with Crippen LogP contribution in [0.15, 0.2) is 96.8 Å². The standard InChI is InChI=1S/C42H27Br2Cl2N5O6/c1-17(2)30-39-49-31-35(57-39)42-24-7-3-6-22(21-5-4-8-28-29(21)23(16-51(28)46)33-36(45)50-40(31)54-33)32(24)55-41(42)56-34-25(42)13-18(14-26(34)44)15-27(38(53)48-30)47-37(52)19-9-11-20(43)12-10-19/h3-14,16-17,27,30,41H,15H2,1-2H3,(H,47,52)(H,48,53)/t27-,30-,41-,42+/m0/s1. The number of amides is 2. The maximum absolute atomic E-state index is 14.4. The summed E-state index contributed by atoms with van der Waals surface area (Å²) in [7, 11) is 0. The van der Waals surface area contributed by atoms with Gasteiger partial charge in [0.1, 0.15) is 23.6 Å². The van der Waals surface area contributed by atoms with E-state index in [1.54, 1.807) is 30.5 Å². The first-order chi connectivity index (χ1) is 27.5. The number of carbonyl (C=O) groups excluding carboxylic acids is 2. The lowest BCUT2D eigenvalue weighted by molar-refractivity contribution is -0.124. The molecule has 7 aromatic rings. The van der Waals surface area contributed by atoms with Crippen molar-refractivity contribution < 1.29 is 27.9 Å². The largest absolute Gasteiger partial charge is 0.452 e. The molecule has 1 spiro atoms. The van der Waals surface area contributed by atoms with Crippen molar-refractivity contribution in [2.24, 2.45) is 5.92 Å². The second-order valence-corrected chi connectivity index (χ2v) is 17.4. The van der Waals surface area contributed by atoms with E-state index in [4.69, 9.17) is 51.7 Å². The number of rotatable bonds is 3. The van der Waals surface area contributed by atoms with E-state index in [-0.39, 0.29) is 35.0 Å². The highest BCUT2D eigenvalue weighted by molar-refractivity contribution is 9.10. The highest BCUT2D eigenvalue weighted by Gasteiger charge is 2.64. The molecule has 4 aromatic carbocycles. The van der Waals surface area contributed by atoms with Crippen molar-refractivity contribution in [3.63, 3.8) is 0 Å². The molecule has 7 heterocycles. The van der Waals surface area contributed by atoms with Crippen LogP contribution >= 0.6 is 55.2 Å². The van der Waals surface area contributed by atoms with Crippen LogP contribution in [-0.4, -0.2) is 38.2 Å². The van der Waals surface area contributed by atoms with Crippen molar-refractivity contribution in [2.45, 2.75) is 44.1 Å². The molecule has 3 aromatic heterocycles. The fourth-order valence-corrected chi connectivity index (χ4v) is 10.0. The Balaban J connectivity index is 1.21. The molecule has 2 N–H and O–H groups in total. The molecule has 57 heavy (non-hydrogen) atoms. The summed E-state index contributed by atoms with van der Waals surface area (Å²) in [4.78, 5) is 38.0. The fourth-order valence-electron chi connectivity index (χ4n) is 8.68. The third-order valence-electron chi connectivity index (χ3n) is 11.3. The Bertz CT molecular complexity index is 2900. The fraction of sp³-hybridized carbons (Fsp3) is 0.190. The summed E-state index contributed by atoms with van der Waals surface area (Å²) in [5.74, 6) is 1.04. The normalized spacial score (nSPS) is 21.0. The molecule has 0 aliphatic carbocycles. The van der Waals surface area contributed by atoms with Crippen molar-refractivity contribution >= 4 is 78.0 Å². The van der Waals surface area contributed by atoms with Gasteiger partial charge in [-0.15, -0.1) is 0 Å². The zero-order valence-electron chi connectivity index (χ0n) is 29.8. The number of benzene rings is 4. The lowest BCUT2D eigenvalue weighted by Gasteiger charge is -2.28. The van der Waals surface area contributed by atoms with Gasteiger partial charge < -0.3 is 28.9 Å². The Morgan fingerprint density at radius 3 is 2.54 bits per heavy atom. The summed E-state index contributed by atoms with van der Waals surface area (Å²) in [5, 5.41) is 7.05. The average Bonchev–Trinajstić information content (AvgIpc) is 4.00. The Labute approximate surface area is 351 Å². The van der Waals surface area contributed by atoms with E-state index in [9.17, 15) is 9.59 Å². The Morgan fingerprint density at radius 2 is 1.74 bits per heavy atom. The maximum atomic E-state index is 14.4. The molecular weight excluding hydrogens is 901 g/mol. The number of carbonyl (C=O) groups is 2. The molecule has 15 heteroatoms. The minimum absolute atomic E-state index is 0.0956. The summed E-state index contributed by atoms with van der Waals surface area (Å²) in [6, 6.07) is 20.9. The first-order valence-corrected chi connectivity index (χ1v) is 20.5. The van der Waals surface area contributed by atoms with Crippen LogP contribution in [0.3, 0.4) is 0 Å². The van der Waals surface area contributed by atoms with Gasteiger partial charge in [0.2, 0.25) is 11.8 Å². The Hall–Kier alpha value is -5.08. The van der Waals surface area contributed by atoms with Crippen LogP contribution < -0.4 is 20.1 Å². The first kappa shape index (κ1) is 35.1. The van der Waals surface area contributed by atoms with Gasteiger partial charge in [0.15, 0.2) is 27.8 Å². The first-order valence-electron chi connectivity index (χ1n) is 18.2. The molecule has 284 valence electrons. The van der Waals surface area contributed by atoms with Crippen LogP contribution in [-0.2, 0) is 16.6 Å². The topological polar surface area (TPSA) is 134 Å². The molecule has 11 nitrogen and oxygen atoms in total. The van der Waals surface area contributed by atoms with Crippen LogP contribution in [0.5, 0.6) is 11.5 Å². The number of para-hydroxylation sites is 1. The van der Waals surface area contributed by atoms with Gasteiger partial charge in [0, 0.05) is 62.1 Å². The van der Waals surface area contributed by atoms with Crippen molar-refractivity contribution in [2.75, 3.05) is 0 Å². The summed E-state index contributed by atoms with van der Waals surface area (Å²) < 4.78 is 30.4. The number of oxazole rings is 2. The van der Waals surface area contributed by atoms with E-state index in [0.29, 0.717) is 44.2 Å². The molecule has 0 radical (unpaired) electrons. The molecule has 4 aliphatic heterocycles. The number of aromatic nitrogens is 3. The quantitative estimate of drug-likeness (QED) is 0.179. The van der Waals surface area contributed by atoms with Gasteiger partial charge >= 0.3 is 0 Å². The molecule has 2 amide bonds. The summed E-state index contributed by atoms with van der Waals surface area (Å²) in [6.45, 7) is 3.91. The molecule has 0 fully saturated rings. The van der Waals surface area contributed by atoms with Gasteiger partial charge in [-0.2, -0.15) is 4.98 Å². The highest BCUT2D eigenvalue weighted by atomic mass is 79.9. The minimum atomic E-state index is -1.27. The van der Waals surface area contributed by atoms with Gasteiger partial charge in [0.05, 0.1) is 9.99 Å². The third-order valence-corrected chi connectivity index (χ3v) is 12.9. The molecular formula is C42H27Br2Cl2N5O6. The number of halogens is 4. The molecule has 0 saturated heterocycles. The number of nitrogens with one attached hydrogen (secondary N) is 2. The molecule has 0 unspecified atom stereocenters. The van der Waals surface area contributed by atoms with E-state index in [1.807, 2.05) is 62.4 Å². The van der Waals surface area contributed by atoms with E-state index in [2.05, 4.69) is 42.5 Å². The van der Waals surface area contributed by atoms with Crippen molar-refractivity contribution in [3.8, 4) is 45.5 Å². The maximum Gasteiger partial charge on any atom is 0.262 e. The lowest BCUT2D eigenvalue weighted by atomic mass is 9.72. The number of ether oxygens (including phenoxy) is 2. The van der Waals surface area contributed by atoms with Crippen molar-refractivity contribution in [1.82, 2.24) is 24.7 Å². The van der Waals surface area contributed by atoms with Crippen molar-refractivity contribution in [3.05, 3.63) is 127 Å². The van der Waals surface area contributed by atoms with Gasteiger partial charge in [-0.25, -0.2) is 4.98 Å². The van der Waals surface area contributed by atoms with E-state index < -0.39 is 35.6 Å². The lowest BCUT2D eigenvalue weighted by Crippen LogP contribution is -2.49. The van der Waals surface area contributed by atoms with Crippen molar-refractivity contribution in [1.29, 1.82) is 0 Å². The second kappa shape index (κ2) is 12.5. The second-order valence-electron chi connectivity index (χ2n) is 14.9. The monoisotopic (exact) mass is 925 g/mol. The van der Waals surface area contributed by atoms with Gasteiger partial charge in [-0.3, -0.25) is 13.7 Å². The summed E-state index contributed by atoms with van der Waals surface area (Å²) >= 11 is 21.0. The van der Waals surface area contributed by atoms with Crippen LogP contribution in [0.25, 0.3) is 44.9 Å². The number of hydrogen-bond acceptors (Lipinski definition) is 8. The van der Waals surface area contributed by atoms with Gasteiger partial charge in [-0.1, -0.05) is 77.8 Å². The van der Waals surface area contributed by atoms with Gasteiger partial charge in [0.25, 0.3) is 18.1 Å². The van der Waals surface area contributed by atoms with E-state index in [1.165, 1.54) is 4.09 Å². The van der Waals surface area contributed by atoms with E-state index in [0.717, 1.165) is 37.6 Å². The van der Waals surface area contributed by atoms with Crippen LogP contribution in [0.2, 0.25) is 5.15 Å². The third kappa shape index (κ3) is 4.95. The number of nitrogens with zero attached hydrogens (tertiary/aromatic N) is 3. The number of fused-ring (bicyclic) bond motifs is 7. The summed E-state index contributed by atoms with van der Waals surface area (Å²) in [6.07, 6.45) is 0.925. The molecule has 10 bridgehead atoms. The zero-order chi connectivity index (χ0) is 39.1. The predicted molar refractivity (Wildman–Crippen MR) is 219 cm³/mol. The summed E-state index contributed by atoms with van der Waals surface area (Å²) in [5.41, 5.74) is 4.60. The average molecular weight is 928 g/mol. The highest BCUT2D eigenvalue weighted by Crippen LogP contribution is 2.63. The molecule has 11 rings (SSSR count). The zero-order valence-corrected chi connectivity index (χ0v) is 34.5. The smallest absolute Gasteiger partial charge is 0.262 e. The predicted octanol–water partition coefficient (Wildman–Crippen LogP) is 9.73. The SMILES string of the molecule is CC(C)[C@@H]1NC(=O)[C@@H](NC(=O)c2ccc(Br)cc2)Cc2cc(Br)c3c(c2)[C@@]24c5cccc(c5O[C@H]2O3)-c2cccc3c2c(cn3Cl)-c2oc(nc2Cl)-c2nc1oc24. The molecule has 0 saturated carbocycles. The Kier molecular flexibility index (Phi) is 7.67. The number of hydrogen-bond donors (Lipinski definition) is 2. The Morgan fingerprint density at radius 1 is 0.965 bits per heavy atom. The molecule has 4 atom stereocenters.